The van der Waals surface area contributed by atoms with Crippen molar-refractivity contribution >= 4 is 5.91 Å². The van der Waals surface area contributed by atoms with E-state index in [9.17, 15) is 4.79 Å². The van der Waals surface area contributed by atoms with Gasteiger partial charge in [0.2, 0.25) is 5.91 Å². The molecule has 3 aliphatic rings. The Morgan fingerprint density at radius 3 is 2.80 bits per heavy atom. The Balaban J connectivity index is 1.71. The first-order valence-corrected chi connectivity index (χ1v) is 11.8. The SMILES string of the molecule is CC/C=C1/CNCCOC2=C(C=CCC=C2)CC(C)CNC(=O)C(CC2CC2)CN1. The first-order chi connectivity index (χ1) is 14.7. The summed E-state index contributed by atoms with van der Waals surface area (Å²) in [6.07, 6.45) is 17.2. The van der Waals surface area contributed by atoms with Crippen LogP contribution in [0, 0.1) is 17.8 Å². The fraction of sp³-hybridized carbons (Fsp3) is 0.640. The summed E-state index contributed by atoms with van der Waals surface area (Å²) in [5.74, 6) is 2.28. The lowest BCUT2D eigenvalue weighted by Crippen LogP contribution is -2.40. The van der Waals surface area contributed by atoms with Crippen LogP contribution in [0.15, 0.2) is 47.4 Å². The second-order valence-corrected chi connectivity index (χ2v) is 8.90. The van der Waals surface area contributed by atoms with Crippen LogP contribution in [0.5, 0.6) is 0 Å². The molecule has 1 aliphatic heterocycles. The molecule has 0 radical (unpaired) electrons. The van der Waals surface area contributed by atoms with Crippen LogP contribution in [0.4, 0.5) is 0 Å². The van der Waals surface area contributed by atoms with Crippen LogP contribution in [0.2, 0.25) is 0 Å². The molecule has 30 heavy (non-hydrogen) atoms. The highest BCUT2D eigenvalue weighted by molar-refractivity contribution is 5.79. The Morgan fingerprint density at radius 1 is 1.17 bits per heavy atom. The van der Waals surface area contributed by atoms with Crippen LogP contribution in [0.25, 0.3) is 0 Å². The third kappa shape index (κ3) is 7.67. The second-order valence-electron chi connectivity index (χ2n) is 8.90. The van der Waals surface area contributed by atoms with E-state index in [1.54, 1.807) is 0 Å². The summed E-state index contributed by atoms with van der Waals surface area (Å²) in [4.78, 5) is 13.0. The molecule has 0 aromatic rings. The van der Waals surface area contributed by atoms with Crippen molar-refractivity contribution in [3.05, 3.63) is 47.4 Å². The zero-order chi connectivity index (χ0) is 21.2. The molecule has 0 spiro atoms. The molecule has 0 saturated heterocycles. The number of carbonyl (C=O) groups is 1. The molecule has 166 valence electrons. The largest absolute Gasteiger partial charge is 0.492 e. The van der Waals surface area contributed by atoms with Gasteiger partial charge in [-0.2, -0.15) is 0 Å². The van der Waals surface area contributed by atoms with Crippen LogP contribution in [0.3, 0.4) is 0 Å². The first kappa shape index (κ1) is 22.7. The number of rotatable bonds is 3. The lowest BCUT2D eigenvalue weighted by Gasteiger charge is -2.22. The van der Waals surface area contributed by atoms with Gasteiger partial charge in [0.25, 0.3) is 0 Å². The van der Waals surface area contributed by atoms with Crippen molar-refractivity contribution in [2.24, 2.45) is 17.8 Å². The van der Waals surface area contributed by atoms with Crippen molar-refractivity contribution in [3.8, 4) is 0 Å². The summed E-state index contributed by atoms with van der Waals surface area (Å²) in [7, 11) is 0. The van der Waals surface area contributed by atoms with Gasteiger partial charge in [-0.1, -0.05) is 51.0 Å². The molecule has 2 atom stereocenters. The topological polar surface area (TPSA) is 62.4 Å². The summed E-state index contributed by atoms with van der Waals surface area (Å²) in [6, 6.07) is 0. The molecular formula is C25H39N3O2. The van der Waals surface area contributed by atoms with Gasteiger partial charge in [0.1, 0.15) is 12.4 Å². The van der Waals surface area contributed by atoms with Gasteiger partial charge in [-0.15, -0.1) is 0 Å². The molecule has 2 aliphatic carbocycles. The van der Waals surface area contributed by atoms with Gasteiger partial charge in [-0.25, -0.2) is 0 Å². The summed E-state index contributed by atoms with van der Waals surface area (Å²) in [5, 5.41) is 10.3. The molecule has 5 nitrogen and oxygen atoms in total. The Hall–Kier alpha value is -2.01. The Kier molecular flexibility index (Phi) is 9.06. The van der Waals surface area contributed by atoms with Crippen LogP contribution < -0.4 is 16.0 Å². The van der Waals surface area contributed by atoms with E-state index in [-0.39, 0.29) is 11.8 Å². The summed E-state index contributed by atoms with van der Waals surface area (Å²) in [6.45, 7) is 7.97. The van der Waals surface area contributed by atoms with Crippen molar-refractivity contribution in [1.82, 2.24) is 16.0 Å². The van der Waals surface area contributed by atoms with Crippen molar-refractivity contribution in [1.29, 1.82) is 0 Å². The van der Waals surface area contributed by atoms with Crippen LogP contribution in [-0.2, 0) is 9.53 Å². The van der Waals surface area contributed by atoms with Gasteiger partial charge < -0.3 is 20.7 Å². The van der Waals surface area contributed by atoms with Crippen molar-refractivity contribution in [2.45, 2.75) is 52.4 Å². The highest BCUT2D eigenvalue weighted by Gasteiger charge is 2.29. The van der Waals surface area contributed by atoms with E-state index in [1.165, 1.54) is 24.1 Å². The smallest absolute Gasteiger partial charge is 0.224 e. The van der Waals surface area contributed by atoms with Gasteiger partial charge in [0.05, 0.1) is 5.92 Å². The van der Waals surface area contributed by atoms with Crippen LogP contribution in [0.1, 0.15) is 52.4 Å². The Labute approximate surface area is 182 Å². The molecule has 2 unspecified atom stereocenters. The number of hydrogen-bond acceptors (Lipinski definition) is 4. The van der Waals surface area contributed by atoms with Gasteiger partial charge in [-0.3, -0.25) is 4.79 Å². The normalized spacial score (nSPS) is 28.3. The average Bonchev–Trinajstić information content (AvgIpc) is 3.56. The molecule has 0 aromatic carbocycles. The molecule has 1 fully saturated rings. The quantitative estimate of drug-likeness (QED) is 0.658. The fourth-order valence-corrected chi connectivity index (χ4v) is 4.03. The van der Waals surface area contributed by atoms with Gasteiger partial charge in [-0.05, 0) is 49.2 Å². The third-order valence-corrected chi connectivity index (χ3v) is 5.93. The molecule has 3 rings (SSSR count). The minimum Gasteiger partial charge on any atom is -0.492 e. The molecule has 0 aromatic heterocycles. The standard InChI is InChI=1S/C25H39N3O2/c1-3-7-23-18-26-12-13-30-24-9-6-4-5-8-21(24)14-19(2)16-28-25(29)22(17-27-23)15-20-10-11-20/h5-9,19-20,22,26-27H,3-4,10-18H2,1-2H3,(H,28,29)/b23-7-. The van der Waals surface area contributed by atoms with Gasteiger partial charge in [0, 0.05) is 31.9 Å². The highest BCUT2D eigenvalue weighted by Crippen LogP contribution is 2.35. The minimum atomic E-state index is 0.0386. The molecule has 1 heterocycles. The van der Waals surface area contributed by atoms with E-state index in [1.807, 2.05) is 0 Å². The molecule has 0 bridgehead atoms. The minimum absolute atomic E-state index is 0.0386. The lowest BCUT2D eigenvalue weighted by molar-refractivity contribution is -0.125. The van der Waals surface area contributed by atoms with E-state index in [0.29, 0.717) is 25.6 Å². The van der Waals surface area contributed by atoms with E-state index < -0.39 is 0 Å². The van der Waals surface area contributed by atoms with Crippen LogP contribution in [-0.4, -0.2) is 38.7 Å². The average molecular weight is 414 g/mol. The van der Waals surface area contributed by atoms with Gasteiger partial charge >= 0.3 is 0 Å². The fourth-order valence-electron chi connectivity index (χ4n) is 4.03. The molecule has 5 heteroatoms. The number of allylic oxidation sites excluding steroid dienone is 6. The molecular weight excluding hydrogens is 374 g/mol. The van der Waals surface area contributed by atoms with E-state index >= 15 is 0 Å². The predicted octanol–water partition coefficient (Wildman–Crippen LogP) is 3.82. The third-order valence-electron chi connectivity index (χ3n) is 5.93. The maximum atomic E-state index is 13.0. The summed E-state index contributed by atoms with van der Waals surface area (Å²) >= 11 is 0. The Bertz CT molecular complexity index is 689. The van der Waals surface area contributed by atoms with E-state index in [0.717, 1.165) is 50.4 Å². The monoisotopic (exact) mass is 413 g/mol. The first-order valence-electron chi connectivity index (χ1n) is 11.8. The number of amides is 1. The maximum Gasteiger partial charge on any atom is 0.224 e. The van der Waals surface area contributed by atoms with E-state index in [2.05, 4.69) is 60.2 Å². The molecule has 1 amide bonds. The zero-order valence-electron chi connectivity index (χ0n) is 18.7. The van der Waals surface area contributed by atoms with E-state index in [4.69, 9.17) is 4.74 Å². The number of carbonyl (C=O) groups excluding carboxylic acids is 1. The highest BCUT2D eigenvalue weighted by atomic mass is 16.5. The van der Waals surface area contributed by atoms with Crippen LogP contribution >= 0.6 is 0 Å². The molecule has 1 saturated carbocycles. The number of nitrogens with one attached hydrogen (secondary N) is 3. The number of ether oxygens (including phenoxy) is 1. The van der Waals surface area contributed by atoms with Crippen molar-refractivity contribution in [2.75, 3.05) is 32.8 Å². The molecule has 3 N–H and O–H groups in total. The van der Waals surface area contributed by atoms with Gasteiger partial charge in [0.15, 0.2) is 0 Å². The lowest BCUT2D eigenvalue weighted by atomic mass is 9.98. The predicted molar refractivity (Wildman–Crippen MR) is 123 cm³/mol. The number of hydrogen-bond donors (Lipinski definition) is 3. The summed E-state index contributed by atoms with van der Waals surface area (Å²) in [5.41, 5.74) is 2.39. The van der Waals surface area contributed by atoms with Crippen molar-refractivity contribution in [3.63, 3.8) is 0 Å². The van der Waals surface area contributed by atoms with Crippen molar-refractivity contribution < 1.29 is 9.53 Å². The maximum absolute atomic E-state index is 13.0. The Morgan fingerprint density at radius 2 is 2.00 bits per heavy atom. The second kappa shape index (κ2) is 12.0. The summed E-state index contributed by atoms with van der Waals surface area (Å²) < 4.78 is 6.11. The zero-order valence-corrected chi connectivity index (χ0v) is 18.7.